The number of benzene rings is 2. The Morgan fingerprint density at radius 1 is 1.18 bits per heavy atom. The third-order valence-electron chi connectivity index (χ3n) is 6.61. The van der Waals surface area contributed by atoms with Gasteiger partial charge in [-0.3, -0.25) is 9.78 Å². The first-order valence-corrected chi connectivity index (χ1v) is 13.0. The number of ether oxygens (including phenoxy) is 1. The maximum absolute atomic E-state index is 12.0. The molecule has 1 fully saturated rings. The third kappa shape index (κ3) is 4.85. The van der Waals surface area contributed by atoms with E-state index in [9.17, 15) is 4.79 Å². The summed E-state index contributed by atoms with van der Waals surface area (Å²) >= 11 is 12.2. The number of amides is 1. The molecule has 0 radical (unpaired) electrons. The van der Waals surface area contributed by atoms with E-state index in [0.717, 1.165) is 22.5 Å². The highest BCUT2D eigenvalue weighted by Crippen LogP contribution is 2.44. The number of rotatable bonds is 7. The van der Waals surface area contributed by atoms with Crippen molar-refractivity contribution in [1.29, 1.82) is 0 Å². The van der Waals surface area contributed by atoms with Crippen LogP contribution in [0.3, 0.4) is 0 Å². The summed E-state index contributed by atoms with van der Waals surface area (Å²) in [6, 6.07) is 20.4. The minimum Gasteiger partial charge on any atom is -0.494 e. The number of thiocarbonyl (C=S) groups is 1. The van der Waals surface area contributed by atoms with Crippen LogP contribution in [0.25, 0.3) is 11.3 Å². The summed E-state index contributed by atoms with van der Waals surface area (Å²) in [5, 5.41) is 7.52. The predicted molar refractivity (Wildman–Crippen MR) is 154 cm³/mol. The van der Waals surface area contributed by atoms with E-state index < -0.39 is 0 Å². The van der Waals surface area contributed by atoms with Gasteiger partial charge < -0.3 is 24.7 Å². The van der Waals surface area contributed by atoms with Gasteiger partial charge in [-0.15, -0.1) is 0 Å². The monoisotopic (exact) mass is 546 g/mol. The Labute approximate surface area is 231 Å². The van der Waals surface area contributed by atoms with E-state index in [0.29, 0.717) is 39.5 Å². The Balaban J connectivity index is 1.59. The summed E-state index contributed by atoms with van der Waals surface area (Å²) in [5.41, 5.74) is 4.08. The maximum Gasteiger partial charge on any atom is 0.224 e. The average Bonchev–Trinajstić information content (AvgIpc) is 3.55. The summed E-state index contributed by atoms with van der Waals surface area (Å²) < 4.78 is 12.1. The number of aromatic nitrogens is 1. The normalized spacial score (nSPS) is 16.8. The van der Waals surface area contributed by atoms with Crippen LogP contribution in [0.4, 0.5) is 11.4 Å². The zero-order valence-corrected chi connectivity index (χ0v) is 22.8. The molecule has 0 spiro atoms. The predicted octanol–water partition coefficient (Wildman–Crippen LogP) is 6.84. The van der Waals surface area contributed by atoms with E-state index in [1.165, 1.54) is 0 Å². The number of pyridine rings is 1. The molecule has 38 heavy (non-hydrogen) atoms. The van der Waals surface area contributed by atoms with Gasteiger partial charge in [0.2, 0.25) is 5.91 Å². The second kappa shape index (κ2) is 10.8. The van der Waals surface area contributed by atoms with E-state index in [4.69, 9.17) is 33.0 Å². The molecular weight excluding hydrogens is 520 g/mol. The number of nitrogens with zero attached hydrogens (tertiary/aromatic N) is 2. The first-order chi connectivity index (χ1) is 18.4. The zero-order chi connectivity index (χ0) is 26.8. The smallest absolute Gasteiger partial charge is 0.224 e. The van der Waals surface area contributed by atoms with E-state index in [1.807, 2.05) is 78.6 Å². The highest BCUT2D eigenvalue weighted by atomic mass is 35.5. The topological polar surface area (TPSA) is 79.6 Å². The molecule has 2 N–H and O–H groups in total. The molecule has 0 saturated carbocycles. The van der Waals surface area contributed by atoms with Gasteiger partial charge in [-0.25, -0.2) is 0 Å². The van der Waals surface area contributed by atoms with Gasteiger partial charge in [-0.1, -0.05) is 36.7 Å². The molecule has 0 unspecified atom stereocenters. The van der Waals surface area contributed by atoms with Crippen molar-refractivity contribution in [3.8, 4) is 17.1 Å². The van der Waals surface area contributed by atoms with E-state index >= 15 is 0 Å². The Bertz CT molecular complexity index is 1490. The van der Waals surface area contributed by atoms with Crippen LogP contribution in [0.1, 0.15) is 42.4 Å². The van der Waals surface area contributed by atoms with Crippen molar-refractivity contribution < 1.29 is 13.9 Å². The van der Waals surface area contributed by atoms with Crippen molar-refractivity contribution in [2.24, 2.45) is 0 Å². The summed E-state index contributed by atoms with van der Waals surface area (Å²) in [6.45, 7) is 3.77. The van der Waals surface area contributed by atoms with Crippen LogP contribution >= 0.6 is 23.8 Å². The summed E-state index contributed by atoms with van der Waals surface area (Å²) in [7, 11) is 1.57. The number of furan rings is 1. The van der Waals surface area contributed by atoms with Gasteiger partial charge in [0, 0.05) is 35.0 Å². The van der Waals surface area contributed by atoms with Crippen LogP contribution in [0.5, 0.6) is 5.75 Å². The molecule has 4 aromatic rings. The SMILES string of the molecule is CCC(=O)Nc1ccc(N2C(=S)N[C@@H](c3ccccn3)[C@H]2c2ccc(-c3cccc(Cl)c3C)o2)cc1OC. The van der Waals surface area contributed by atoms with Crippen molar-refractivity contribution in [2.45, 2.75) is 32.4 Å². The second-order valence-electron chi connectivity index (χ2n) is 8.90. The fourth-order valence-corrected chi connectivity index (χ4v) is 5.14. The van der Waals surface area contributed by atoms with Crippen molar-refractivity contribution in [2.75, 3.05) is 17.3 Å². The van der Waals surface area contributed by atoms with Crippen molar-refractivity contribution in [1.82, 2.24) is 10.3 Å². The molecule has 0 bridgehead atoms. The Morgan fingerprint density at radius 2 is 2.03 bits per heavy atom. The van der Waals surface area contributed by atoms with E-state index in [-0.39, 0.29) is 18.0 Å². The molecule has 1 amide bonds. The minimum absolute atomic E-state index is 0.0954. The van der Waals surface area contributed by atoms with Crippen LogP contribution in [0.2, 0.25) is 5.02 Å². The number of nitrogens with one attached hydrogen (secondary N) is 2. The van der Waals surface area contributed by atoms with Gasteiger partial charge in [0.25, 0.3) is 0 Å². The molecule has 3 heterocycles. The Morgan fingerprint density at radius 3 is 2.76 bits per heavy atom. The highest BCUT2D eigenvalue weighted by molar-refractivity contribution is 7.80. The minimum atomic E-state index is -0.341. The third-order valence-corrected chi connectivity index (χ3v) is 7.33. The molecule has 1 saturated heterocycles. The molecule has 9 heteroatoms. The van der Waals surface area contributed by atoms with E-state index in [2.05, 4.69) is 15.6 Å². The number of carbonyl (C=O) groups is 1. The number of anilines is 2. The van der Waals surface area contributed by atoms with Gasteiger partial charge in [-0.05, 0) is 67.2 Å². The summed E-state index contributed by atoms with van der Waals surface area (Å²) in [6.07, 6.45) is 2.13. The lowest BCUT2D eigenvalue weighted by Crippen LogP contribution is -2.29. The van der Waals surface area contributed by atoms with Gasteiger partial charge >= 0.3 is 0 Å². The standard InChI is InChI=1S/C29H27ClN4O3S/c1-4-26(35)32-21-12-11-18(16-25(21)36-3)34-28(27(33-29(34)38)22-10-5-6-15-31-22)24-14-13-23(37-24)19-8-7-9-20(30)17(19)2/h5-16,27-28H,4H2,1-3H3,(H,32,35)(H,33,38)/t27-,28+/m0/s1. The quantitative estimate of drug-likeness (QED) is 0.246. The molecule has 2 atom stereocenters. The largest absolute Gasteiger partial charge is 0.494 e. The highest BCUT2D eigenvalue weighted by Gasteiger charge is 2.43. The van der Waals surface area contributed by atoms with Crippen LogP contribution in [0, 0.1) is 6.92 Å². The lowest BCUT2D eigenvalue weighted by Gasteiger charge is -2.27. The van der Waals surface area contributed by atoms with Crippen LogP contribution < -0.4 is 20.3 Å². The first kappa shape index (κ1) is 25.8. The number of methoxy groups -OCH3 is 1. The Hall–Kier alpha value is -3.88. The zero-order valence-electron chi connectivity index (χ0n) is 21.2. The van der Waals surface area contributed by atoms with Crippen LogP contribution in [0.15, 0.2) is 77.3 Å². The van der Waals surface area contributed by atoms with Gasteiger partial charge in [0.1, 0.15) is 23.3 Å². The fourth-order valence-electron chi connectivity index (χ4n) is 4.62. The second-order valence-corrected chi connectivity index (χ2v) is 9.69. The maximum atomic E-state index is 12.0. The molecule has 5 rings (SSSR count). The van der Waals surface area contributed by atoms with Gasteiger partial charge in [-0.2, -0.15) is 0 Å². The Kier molecular flexibility index (Phi) is 7.35. The van der Waals surface area contributed by atoms with Gasteiger partial charge in [0.15, 0.2) is 5.11 Å². The lowest BCUT2D eigenvalue weighted by atomic mass is 10.0. The van der Waals surface area contributed by atoms with Crippen LogP contribution in [-0.4, -0.2) is 23.1 Å². The fraction of sp³-hybridized carbons (Fsp3) is 0.207. The molecule has 2 aromatic carbocycles. The molecule has 0 aliphatic carbocycles. The molecule has 1 aliphatic heterocycles. The summed E-state index contributed by atoms with van der Waals surface area (Å²) in [5.74, 6) is 1.86. The molecular formula is C29H27ClN4O3S. The number of carbonyl (C=O) groups excluding carboxylic acids is 1. The number of hydrogen-bond donors (Lipinski definition) is 2. The molecule has 1 aliphatic rings. The molecule has 2 aromatic heterocycles. The van der Waals surface area contributed by atoms with Crippen molar-refractivity contribution in [3.63, 3.8) is 0 Å². The summed E-state index contributed by atoms with van der Waals surface area (Å²) in [4.78, 5) is 18.6. The number of hydrogen-bond acceptors (Lipinski definition) is 5. The lowest BCUT2D eigenvalue weighted by molar-refractivity contribution is -0.115. The van der Waals surface area contributed by atoms with Crippen molar-refractivity contribution >= 4 is 46.2 Å². The van der Waals surface area contributed by atoms with Gasteiger partial charge in [0.05, 0.1) is 24.5 Å². The molecule has 7 nitrogen and oxygen atoms in total. The number of halogens is 1. The van der Waals surface area contributed by atoms with Crippen LogP contribution in [-0.2, 0) is 4.79 Å². The van der Waals surface area contributed by atoms with Crippen molar-refractivity contribution in [3.05, 3.63) is 95.0 Å². The van der Waals surface area contributed by atoms with E-state index in [1.54, 1.807) is 20.2 Å². The molecule has 194 valence electrons. The average molecular weight is 547 g/mol. The first-order valence-electron chi connectivity index (χ1n) is 12.2.